The molecule has 82 valence electrons. The van der Waals surface area contributed by atoms with Crippen molar-refractivity contribution in [2.75, 3.05) is 0 Å². The average Bonchev–Trinajstić information content (AvgIpc) is 2.30. The molecular formula is C14H20Se. The van der Waals surface area contributed by atoms with Crippen LogP contribution in [-0.2, 0) is 0 Å². The van der Waals surface area contributed by atoms with Crippen molar-refractivity contribution >= 4 is 20.5 Å². The van der Waals surface area contributed by atoms with E-state index in [-0.39, 0.29) is 0 Å². The second-order valence-electron chi connectivity index (χ2n) is 3.59. The van der Waals surface area contributed by atoms with Crippen LogP contribution in [0, 0.1) is 0 Å². The first-order valence-corrected chi connectivity index (χ1v) is 7.94. The molecule has 0 amide bonds. The van der Waals surface area contributed by atoms with Gasteiger partial charge in [-0.25, -0.2) is 0 Å². The van der Waals surface area contributed by atoms with Crippen LogP contribution in [0.15, 0.2) is 35.3 Å². The molecule has 1 aromatic rings. The summed E-state index contributed by atoms with van der Waals surface area (Å²) in [6, 6.07) is 10.8. The Morgan fingerprint density at radius 1 is 1.20 bits per heavy atom. The molecule has 0 heterocycles. The SMILES string of the molecule is CCCC[Se]/C=C(\CC)c1ccccc1. The normalized spacial score (nSPS) is 11.7. The monoisotopic (exact) mass is 268 g/mol. The average molecular weight is 267 g/mol. The number of rotatable bonds is 6. The molecule has 0 bridgehead atoms. The molecule has 0 fully saturated rings. The maximum atomic E-state index is 2.47. The zero-order valence-electron chi connectivity index (χ0n) is 9.70. The molecule has 1 aromatic carbocycles. The van der Waals surface area contributed by atoms with E-state index >= 15 is 0 Å². The van der Waals surface area contributed by atoms with E-state index in [4.69, 9.17) is 0 Å². The van der Waals surface area contributed by atoms with E-state index < -0.39 is 0 Å². The molecule has 0 N–H and O–H groups in total. The van der Waals surface area contributed by atoms with Gasteiger partial charge in [0.25, 0.3) is 0 Å². The van der Waals surface area contributed by atoms with E-state index in [0.717, 1.165) is 6.42 Å². The van der Waals surface area contributed by atoms with Crippen LogP contribution in [-0.4, -0.2) is 15.0 Å². The zero-order chi connectivity index (χ0) is 10.9. The fraction of sp³-hybridized carbons (Fsp3) is 0.429. The Bertz CT molecular complexity index is 287. The van der Waals surface area contributed by atoms with Crippen LogP contribution >= 0.6 is 0 Å². The van der Waals surface area contributed by atoms with Gasteiger partial charge < -0.3 is 0 Å². The van der Waals surface area contributed by atoms with Crippen LogP contribution in [0.2, 0.25) is 5.32 Å². The van der Waals surface area contributed by atoms with Crippen molar-refractivity contribution in [3.63, 3.8) is 0 Å². The molecule has 0 aliphatic rings. The molecule has 0 atom stereocenters. The Kier molecular flexibility index (Phi) is 6.47. The first-order chi connectivity index (χ1) is 7.38. The van der Waals surface area contributed by atoms with Gasteiger partial charge >= 0.3 is 99.8 Å². The summed E-state index contributed by atoms with van der Waals surface area (Å²) in [4.78, 5) is 2.47. The van der Waals surface area contributed by atoms with Crippen LogP contribution in [0.3, 0.4) is 0 Å². The number of unbranched alkanes of at least 4 members (excludes halogenated alkanes) is 1. The first kappa shape index (κ1) is 12.5. The predicted molar refractivity (Wildman–Crippen MR) is 70.2 cm³/mol. The van der Waals surface area contributed by atoms with Gasteiger partial charge in [0.1, 0.15) is 0 Å². The fourth-order valence-corrected chi connectivity index (χ4v) is 3.65. The molecule has 1 rings (SSSR count). The van der Waals surface area contributed by atoms with Gasteiger partial charge in [0.2, 0.25) is 0 Å². The predicted octanol–water partition coefficient (Wildman–Crippen LogP) is 4.36. The zero-order valence-corrected chi connectivity index (χ0v) is 11.4. The van der Waals surface area contributed by atoms with E-state index in [9.17, 15) is 0 Å². The third-order valence-corrected chi connectivity index (χ3v) is 4.41. The van der Waals surface area contributed by atoms with E-state index in [0.29, 0.717) is 15.0 Å². The van der Waals surface area contributed by atoms with E-state index in [2.05, 4.69) is 49.2 Å². The summed E-state index contributed by atoms with van der Waals surface area (Å²) < 4.78 is 0. The summed E-state index contributed by atoms with van der Waals surface area (Å²) in [5, 5.41) is 1.39. The number of hydrogen-bond donors (Lipinski definition) is 0. The second kappa shape index (κ2) is 7.73. The molecule has 0 saturated heterocycles. The van der Waals surface area contributed by atoms with Gasteiger partial charge in [0.05, 0.1) is 0 Å². The number of hydrogen-bond acceptors (Lipinski definition) is 0. The van der Waals surface area contributed by atoms with Crippen LogP contribution in [0.25, 0.3) is 5.57 Å². The Balaban J connectivity index is 2.55. The molecule has 0 aliphatic heterocycles. The van der Waals surface area contributed by atoms with Gasteiger partial charge in [-0.05, 0) is 0 Å². The first-order valence-electron chi connectivity index (χ1n) is 5.74. The number of benzene rings is 1. The summed E-state index contributed by atoms with van der Waals surface area (Å²) in [6.07, 6.45) is 3.85. The van der Waals surface area contributed by atoms with Gasteiger partial charge in [-0.3, -0.25) is 0 Å². The Labute approximate surface area is 99.9 Å². The summed E-state index contributed by atoms with van der Waals surface area (Å²) in [6.45, 7) is 4.51. The Hall–Kier alpha value is -0.521. The Morgan fingerprint density at radius 3 is 2.53 bits per heavy atom. The van der Waals surface area contributed by atoms with Crippen molar-refractivity contribution in [3.8, 4) is 0 Å². The van der Waals surface area contributed by atoms with Crippen LogP contribution < -0.4 is 0 Å². The van der Waals surface area contributed by atoms with E-state index in [1.54, 1.807) is 0 Å². The van der Waals surface area contributed by atoms with Crippen LogP contribution in [0.5, 0.6) is 0 Å². The third-order valence-electron chi connectivity index (χ3n) is 2.37. The van der Waals surface area contributed by atoms with Gasteiger partial charge in [-0.2, -0.15) is 0 Å². The second-order valence-corrected chi connectivity index (χ2v) is 5.64. The fourth-order valence-electron chi connectivity index (χ4n) is 1.39. The molecule has 1 heteroatoms. The van der Waals surface area contributed by atoms with Crippen molar-refractivity contribution < 1.29 is 0 Å². The molecule has 0 aliphatic carbocycles. The summed E-state index contributed by atoms with van der Waals surface area (Å²) in [7, 11) is 0. The van der Waals surface area contributed by atoms with Crippen molar-refractivity contribution in [3.05, 3.63) is 40.9 Å². The Morgan fingerprint density at radius 2 is 1.93 bits per heavy atom. The summed E-state index contributed by atoms with van der Waals surface area (Å²) in [5.74, 6) is 0. The topological polar surface area (TPSA) is 0 Å². The molecule has 0 radical (unpaired) electrons. The molecule has 0 nitrogen and oxygen atoms in total. The molecule has 0 unspecified atom stereocenters. The molecular weight excluding hydrogens is 247 g/mol. The molecule has 0 saturated carbocycles. The van der Waals surface area contributed by atoms with Crippen molar-refractivity contribution in [2.45, 2.75) is 38.4 Å². The van der Waals surface area contributed by atoms with Crippen molar-refractivity contribution in [1.29, 1.82) is 0 Å². The molecule has 15 heavy (non-hydrogen) atoms. The number of allylic oxidation sites excluding steroid dienone is 1. The van der Waals surface area contributed by atoms with E-state index in [1.165, 1.54) is 29.3 Å². The van der Waals surface area contributed by atoms with Crippen molar-refractivity contribution in [1.82, 2.24) is 0 Å². The van der Waals surface area contributed by atoms with Crippen LogP contribution in [0.1, 0.15) is 38.7 Å². The standard InChI is InChI=1S/C14H20Se/c1-3-5-11-15-12-13(4-2)14-9-7-6-8-10-14/h6-10,12H,3-5,11H2,1-2H3/b13-12+. The quantitative estimate of drug-likeness (QED) is 0.530. The van der Waals surface area contributed by atoms with E-state index in [1.807, 2.05) is 0 Å². The minimum atomic E-state index is 0.692. The van der Waals surface area contributed by atoms with Gasteiger partial charge in [0, 0.05) is 0 Å². The van der Waals surface area contributed by atoms with Gasteiger partial charge in [-0.15, -0.1) is 0 Å². The van der Waals surface area contributed by atoms with Gasteiger partial charge in [-0.1, -0.05) is 0 Å². The minimum absolute atomic E-state index is 0.692. The maximum absolute atomic E-state index is 2.47. The summed E-state index contributed by atoms with van der Waals surface area (Å²) >= 11 is 0.692. The third kappa shape index (κ3) is 4.68. The molecule has 0 aromatic heterocycles. The van der Waals surface area contributed by atoms with Crippen LogP contribution in [0.4, 0.5) is 0 Å². The molecule has 0 spiro atoms. The van der Waals surface area contributed by atoms with Gasteiger partial charge in [0.15, 0.2) is 0 Å². The summed E-state index contributed by atoms with van der Waals surface area (Å²) in [5.41, 5.74) is 2.92. The van der Waals surface area contributed by atoms with Crippen molar-refractivity contribution in [2.24, 2.45) is 0 Å².